The second kappa shape index (κ2) is 6.55. The molecule has 0 spiro atoms. The van der Waals surface area contributed by atoms with Crippen molar-refractivity contribution in [1.29, 1.82) is 0 Å². The molecule has 130 valence electrons. The molecule has 0 aliphatic heterocycles. The van der Waals surface area contributed by atoms with Crippen LogP contribution in [0.2, 0.25) is 0 Å². The number of nitrogens with one attached hydrogen (secondary N) is 1. The van der Waals surface area contributed by atoms with Gasteiger partial charge in [0.1, 0.15) is 0 Å². The maximum atomic E-state index is 12.7. The first-order valence-electron chi connectivity index (χ1n) is 8.23. The number of nitrogens with two attached hydrogens (primary N) is 1. The van der Waals surface area contributed by atoms with Crippen LogP contribution in [0.25, 0.3) is 10.8 Å². The average molecular weight is 340 g/mol. The quantitative estimate of drug-likeness (QED) is 0.834. The van der Waals surface area contributed by atoms with Crippen molar-refractivity contribution in [2.45, 2.75) is 32.8 Å². The number of imide groups is 1. The summed E-state index contributed by atoms with van der Waals surface area (Å²) in [4.78, 5) is 35.6. The standard InChI is InChI=1S/C19H20N2O4/c1-10(2)16(17(22)21-19(20)24)25-18(23)14-9-8-12-7-6-11-4-3-5-13(14)15(11)12/h3-5,8-10,16H,6-7H2,1-2H3,(H3,20,21,22,24). The normalized spacial score (nSPS) is 13.7. The molecule has 3 N–H and O–H groups in total. The molecule has 0 fully saturated rings. The highest BCUT2D eigenvalue weighted by atomic mass is 16.5. The Hall–Kier alpha value is -2.89. The summed E-state index contributed by atoms with van der Waals surface area (Å²) in [5, 5.41) is 3.90. The Morgan fingerprint density at radius 1 is 1.08 bits per heavy atom. The van der Waals surface area contributed by atoms with Crippen LogP contribution < -0.4 is 11.1 Å². The lowest BCUT2D eigenvalue weighted by molar-refractivity contribution is -0.130. The molecule has 1 aliphatic rings. The minimum absolute atomic E-state index is 0.305. The van der Waals surface area contributed by atoms with Gasteiger partial charge in [0.25, 0.3) is 5.91 Å². The van der Waals surface area contributed by atoms with Gasteiger partial charge in [0.2, 0.25) is 0 Å². The van der Waals surface area contributed by atoms with E-state index in [0.717, 1.165) is 23.6 Å². The molecule has 0 heterocycles. The summed E-state index contributed by atoms with van der Waals surface area (Å²) in [6.07, 6.45) is 0.824. The van der Waals surface area contributed by atoms with Gasteiger partial charge in [0.05, 0.1) is 5.56 Å². The molecule has 0 saturated heterocycles. The van der Waals surface area contributed by atoms with E-state index >= 15 is 0 Å². The lowest BCUT2D eigenvalue weighted by Gasteiger charge is -2.20. The molecule has 1 aliphatic carbocycles. The van der Waals surface area contributed by atoms with E-state index < -0.39 is 24.0 Å². The van der Waals surface area contributed by atoms with Crippen molar-refractivity contribution >= 4 is 28.7 Å². The van der Waals surface area contributed by atoms with Gasteiger partial charge in [-0.1, -0.05) is 38.1 Å². The highest BCUT2D eigenvalue weighted by molar-refractivity contribution is 6.08. The number of hydrogen-bond acceptors (Lipinski definition) is 4. The van der Waals surface area contributed by atoms with Crippen molar-refractivity contribution in [3.8, 4) is 0 Å². The molecule has 6 heteroatoms. The zero-order valence-electron chi connectivity index (χ0n) is 14.2. The van der Waals surface area contributed by atoms with Crippen molar-refractivity contribution in [3.05, 3.63) is 47.0 Å². The number of primary amides is 1. The Balaban J connectivity index is 1.92. The van der Waals surface area contributed by atoms with E-state index in [0.29, 0.717) is 5.56 Å². The summed E-state index contributed by atoms with van der Waals surface area (Å²) in [5.74, 6) is -1.62. The molecular weight excluding hydrogens is 320 g/mol. The maximum Gasteiger partial charge on any atom is 0.339 e. The zero-order chi connectivity index (χ0) is 18.1. The summed E-state index contributed by atoms with van der Waals surface area (Å²) in [6, 6.07) is 8.56. The smallest absolute Gasteiger partial charge is 0.339 e. The molecule has 0 saturated carbocycles. The van der Waals surface area contributed by atoms with Crippen LogP contribution in [0.15, 0.2) is 30.3 Å². The Labute approximate surface area is 145 Å². The average Bonchev–Trinajstić information content (AvgIpc) is 2.97. The van der Waals surface area contributed by atoms with Crippen LogP contribution in [0.1, 0.15) is 35.3 Å². The molecule has 0 aromatic heterocycles. The molecule has 1 unspecified atom stereocenters. The highest BCUT2D eigenvalue weighted by Crippen LogP contribution is 2.33. The van der Waals surface area contributed by atoms with E-state index in [9.17, 15) is 14.4 Å². The monoisotopic (exact) mass is 340 g/mol. The summed E-state index contributed by atoms with van der Waals surface area (Å²) in [7, 11) is 0. The highest BCUT2D eigenvalue weighted by Gasteiger charge is 2.29. The van der Waals surface area contributed by atoms with Crippen molar-refractivity contribution < 1.29 is 19.1 Å². The fraction of sp³-hybridized carbons (Fsp3) is 0.316. The van der Waals surface area contributed by atoms with Gasteiger partial charge in [-0.05, 0) is 46.7 Å². The third-order valence-corrected chi connectivity index (χ3v) is 4.44. The zero-order valence-corrected chi connectivity index (χ0v) is 14.2. The Bertz CT molecular complexity index is 863. The number of ether oxygens (including phenoxy) is 1. The molecule has 0 bridgehead atoms. The lowest BCUT2D eigenvalue weighted by Crippen LogP contribution is -2.45. The van der Waals surface area contributed by atoms with Gasteiger partial charge in [-0.3, -0.25) is 10.1 Å². The Morgan fingerprint density at radius 3 is 2.40 bits per heavy atom. The molecular formula is C19H20N2O4. The number of carbonyl (C=O) groups is 3. The van der Waals surface area contributed by atoms with E-state index in [-0.39, 0.29) is 5.92 Å². The predicted molar refractivity (Wildman–Crippen MR) is 93.1 cm³/mol. The van der Waals surface area contributed by atoms with Crippen LogP contribution >= 0.6 is 0 Å². The van der Waals surface area contributed by atoms with Crippen molar-refractivity contribution in [2.75, 3.05) is 0 Å². The first-order chi connectivity index (χ1) is 11.9. The van der Waals surface area contributed by atoms with Crippen molar-refractivity contribution in [3.63, 3.8) is 0 Å². The molecule has 3 amide bonds. The second-order valence-corrected chi connectivity index (χ2v) is 6.54. The second-order valence-electron chi connectivity index (χ2n) is 6.54. The number of rotatable bonds is 4. The van der Waals surface area contributed by atoms with Crippen LogP contribution in [0.4, 0.5) is 4.79 Å². The van der Waals surface area contributed by atoms with Gasteiger partial charge in [-0.2, -0.15) is 0 Å². The van der Waals surface area contributed by atoms with Crippen LogP contribution in [0, 0.1) is 5.92 Å². The predicted octanol–water partition coefficient (Wildman–Crippen LogP) is 2.31. The summed E-state index contributed by atoms with van der Waals surface area (Å²) >= 11 is 0. The van der Waals surface area contributed by atoms with Crippen molar-refractivity contribution in [1.82, 2.24) is 5.32 Å². The van der Waals surface area contributed by atoms with Crippen LogP contribution in [-0.2, 0) is 22.4 Å². The van der Waals surface area contributed by atoms with Gasteiger partial charge in [-0.15, -0.1) is 0 Å². The third-order valence-electron chi connectivity index (χ3n) is 4.44. The van der Waals surface area contributed by atoms with E-state index in [4.69, 9.17) is 10.5 Å². The molecule has 0 radical (unpaired) electrons. The Kier molecular flexibility index (Phi) is 4.44. The molecule has 25 heavy (non-hydrogen) atoms. The molecule has 6 nitrogen and oxygen atoms in total. The number of hydrogen-bond donors (Lipinski definition) is 2. The molecule has 2 aromatic carbocycles. The fourth-order valence-corrected chi connectivity index (χ4v) is 3.29. The van der Waals surface area contributed by atoms with E-state index in [2.05, 4.69) is 6.07 Å². The first kappa shape index (κ1) is 17.0. The number of amides is 3. The van der Waals surface area contributed by atoms with Gasteiger partial charge < -0.3 is 10.5 Å². The number of carbonyl (C=O) groups excluding carboxylic acids is 3. The molecule has 1 atom stereocenters. The Morgan fingerprint density at radius 2 is 1.76 bits per heavy atom. The van der Waals surface area contributed by atoms with E-state index in [1.807, 2.05) is 23.5 Å². The van der Waals surface area contributed by atoms with E-state index in [1.165, 1.54) is 11.1 Å². The van der Waals surface area contributed by atoms with Crippen LogP contribution in [0.5, 0.6) is 0 Å². The fourth-order valence-electron chi connectivity index (χ4n) is 3.29. The first-order valence-corrected chi connectivity index (χ1v) is 8.23. The van der Waals surface area contributed by atoms with Crippen LogP contribution in [-0.4, -0.2) is 24.0 Å². The van der Waals surface area contributed by atoms with Crippen molar-refractivity contribution in [2.24, 2.45) is 11.7 Å². The van der Waals surface area contributed by atoms with Crippen LogP contribution in [0.3, 0.4) is 0 Å². The topological polar surface area (TPSA) is 98.5 Å². The minimum Gasteiger partial charge on any atom is -0.448 e. The largest absolute Gasteiger partial charge is 0.448 e. The van der Waals surface area contributed by atoms with Gasteiger partial charge in [0.15, 0.2) is 6.10 Å². The number of aryl methyl sites for hydroxylation is 2. The summed E-state index contributed by atoms with van der Waals surface area (Å²) < 4.78 is 5.41. The number of benzene rings is 2. The molecule has 3 rings (SSSR count). The van der Waals surface area contributed by atoms with E-state index in [1.54, 1.807) is 19.9 Å². The SMILES string of the molecule is CC(C)C(OC(=O)c1ccc2c3c(cccc13)CC2)C(=O)NC(N)=O. The number of urea groups is 1. The lowest BCUT2D eigenvalue weighted by atomic mass is 10.00. The maximum absolute atomic E-state index is 12.7. The van der Waals surface area contributed by atoms with Gasteiger partial charge >= 0.3 is 12.0 Å². The van der Waals surface area contributed by atoms with Gasteiger partial charge in [-0.25, -0.2) is 9.59 Å². The minimum atomic E-state index is -1.09. The third kappa shape index (κ3) is 3.20. The van der Waals surface area contributed by atoms with Gasteiger partial charge in [0, 0.05) is 0 Å². The summed E-state index contributed by atoms with van der Waals surface area (Å²) in [5.41, 5.74) is 7.83. The molecule has 2 aromatic rings. The number of esters is 1. The summed E-state index contributed by atoms with van der Waals surface area (Å²) in [6.45, 7) is 3.46.